The Bertz CT molecular complexity index is 1150. The van der Waals surface area contributed by atoms with Gasteiger partial charge in [0.25, 0.3) is 0 Å². The molecular weight excluding hydrogens is 428 g/mol. The number of anilines is 3. The fraction of sp³-hybridized carbons (Fsp3) is 0.292. The molecule has 3 atom stereocenters. The van der Waals surface area contributed by atoms with Crippen LogP contribution in [0.3, 0.4) is 0 Å². The number of aryl methyl sites for hydroxylation is 1. The Hall–Kier alpha value is -3.59. The third-order valence-corrected chi connectivity index (χ3v) is 6.10. The highest BCUT2D eigenvalue weighted by molar-refractivity contribution is 5.96. The molecule has 0 radical (unpaired) electrons. The van der Waals surface area contributed by atoms with Crippen LogP contribution in [0, 0.1) is 18.8 Å². The number of fused-ring (bicyclic) bond motifs is 1. The topological polar surface area (TPSA) is 88.2 Å². The zero-order valence-corrected chi connectivity index (χ0v) is 17.9. The molecular formula is C24H23F2N5O2. The van der Waals surface area contributed by atoms with Gasteiger partial charge in [0, 0.05) is 29.3 Å². The zero-order chi connectivity index (χ0) is 22.9. The fourth-order valence-corrected chi connectivity index (χ4v) is 4.18. The van der Waals surface area contributed by atoms with Crippen molar-refractivity contribution in [1.82, 2.24) is 15.3 Å². The molecule has 1 amide bonds. The first kappa shape index (κ1) is 21.3. The number of carbonyl (C=O) groups is 1. The molecule has 2 aliphatic rings. The lowest BCUT2D eigenvalue weighted by Crippen LogP contribution is -2.38. The minimum Gasteiger partial charge on any atom is -0.435 e. The molecule has 2 heterocycles. The Labute approximate surface area is 189 Å². The number of nitrogens with zero attached hydrogens (tertiary/aromatic N) is 2. The average Bonchev–Trinajstić information content (AvgIpc) is 3.45. The number of amides is 1. The molecule has 3 unspecified atom stereocenters. The van der Waals surface area contributed by atoms with Crippen LogP contribution >= 0.6 is 0 Å². The molecule has 9 heteroatoms. The van der Waals surface area contributed by atoms with E-state index in [0.717, 1.165) is 41.0 Å². The van der Waals surface area contributed by atoms with Crippen molar-refractivity contribution in [3.8, 4) is 16.9 Å². The van der Waals surface area contributed by atoms with Crippen LogP contribution in [-0.2, 0) is 4.79 Å². The van der Waals surface area contributed by atoms with Crippen molar-refractivity contribution in [2.24, 2.45) is 11.8 Å². The maximum Gasteiger partial charge on any atom is 0.387 e. The predicted molar refractivity (Wildman–Crippen MR) is 121 cm³/mol. The van der Waals surface area contributed by atoms with Crippen LogP contribution in [0.5, 0.6) is 5.75 Å². The largest absolute Gasteiger partial charge is 0.435 e. The van der Waals surface area contributed by atoms with E-state index in [1.54, 1.807) is 24.5 Å². The second-order valence-corrected chi connectivity index (χ2v) is 8.39. The Morgan fingerprint density at radius 1 is 1.12 bits per heavy atom. The van der Waals surface area contributed by atoms with Crippen LogP contribution in [0.4, 0.5) is 26.1 Å². The van der Waals surface area contributed by atoms with Gasteiger partial charge in [-0.25, -0.2) is 9.97 Å². The summed E-state index contributed by atoms with van der Waals surface area (Å²) in [6, 6.07) is 11.9. The highest BCUT2D eigenvalue weighted by Crippen LogP contribution is 2.45. The Kier molecular flexibility index (Phi) is 5.63. The van der Waals surface area contributed by atoms with E-state index in [1.807, 2.05) is 25.1 Å². The van der Waals surface area contributed by atoms with Crippen molar-refractivity contribution >= 4 is 23.2 Å². The summed E-state index contributed by atoms with van der Waals surface area (Å²) in [6.45, 7) is 0.0132. The summed E-state index contributed by atoms with van der Waals surface area (Å²) in [5.41, 5.74) is 3.99. The number of halogens is 2. The first-order valence-corrected chi connectivity index (χ1v) is 10.8. The van der Waals surface area contributed by atoms with E-state index >= 15 is 0 Å². The summed E-state index contributed by atoms with van der Waals surface area (Å²) < 4.78 is 28.9. The van der Waals surface area contributed by atoms with Gasteiger partial charge in [0.15, 0.2) is 0 Å². The van der Waals surface area contributed by atoms with Gasteiger partial charge in [-0.2, -0.15) is 8.78 Å². The van der Waals surface area contributed by atoms with E-state index < -0.39 is 6.61 Å². The molecule has 1 saturated carbocycles. The molecule has 1 aromatic heterocycles. The van der Waals surface area contributed by atoms with E-state index in [9.17, 15) is 13.6 Å². The number of nitrogens with one attached hydrogen (secondary N) is 3. The van der Waals surface area contributed by atoms with Crippen molar-refractivity contribution in [2.45, 2.75) is 26.0 Å². The highest BCUT2D eigenvalue weighted by atomic mass is 19.3. The Morgan fingerprint density at radius 2 is 1.88 bits per heavy atom. The SMILES string of the molecule is Cc1ccc(Nc2ncc(-c3ccc(OC(F)F)cc3)cn2)cc1NC(=O)C1NCC2CC21. The maximum absolute atomic E-state index is 12.7. The standard InChI is InChI=1S/C24H23F2N5O2/c1-13-2-5-17(9-20(13)31-22(32)21-19-8-15(19)10-27-21)30-24-28-11-16(12-29-24)14-3-6-18(7-4-14)33-23(25)26/h2-7,9,11-12,15,19,21,23,27H,8,10H2,1H3,(H,31,32)(H,28,29,30). The first-order valence-electron chi connectivity index (χ1n) is 10.8. The van der Waals surface area contributed by atoms with Gasteiger partial charge in [0.2, 0.25) is 11.9 Å². The number of rotatable bonds is 7. The van der Waals surface area contributed by atoms with Gasteiger partial charge in [-0.1, -0.05) is 18.2 Å². The smallest absolute Gasteiger partial charge is 0.387 e. The Balaban J connectivity index is 1.24. The quantitative estimate of drug-likeness (QED) is 0.495. The lowest BCUT2D eigenvalue weighted by Gasteiger charge is -2.16. The van der Waals surface area contributed by atoms with Crippen molar-refractivity contribution < 1.29 is 18.3 Å². The molecule has 0 bridgehead atoms. The van der Waals surface area contributed by atoms with Crippen LogP contribution < -0.4 is 20.7 Å². The zero-order valence-electron chi connectivity index (χ0n) is 17.9. The Morgan fingerprint density at radius 3 is 2.52 bits per heavy atom. The van der Waals surface area contributed by atoms with Crippen LogP contribution in [0.25, 0.3) is 11.1 Å². The van der Waals surface area contributed by atoms with Gasteiger partial charge in [-0.3, -0.25) is 4.79 Å². The predicted octanol–water partition coefficient (Wildman–Crippen LogP) is 4.34. The number of hydrogen-bond acceptors (Lipinski definition) is 6. The molecule has 33 heavy (non-hydrogen) atoms. The summed E-state index contributed by atoms with van der Waals surface area (Å²) in [5.74, 6) is 1.61. The van der Waals surface area contributed by atoms with Gasteiger partial charge < -0.3 is 20.7 Å². The second-order valence-electron chi connectivity index (χ2n) is 8.39. The lowest BCUT2D eigenvalue weighted by molar-refractivity contribution is -0.118. The minimum atomic E-state index is -2.86. The van der Waals surface area contributed by atoms with E-state index in [-0.39, 0.29) is 17.7 Å². The van der Waals surface area contributed by atoms with Gasteiger partial charge in [0.1, 0.15) is 5.75 Å². The normalized spacial score (nSPS) is 20.9. The number of benzene rings is 2. The molecule has 2 aromatic carbocycles. The molecule has 7 nitrogen and oxygen atoms in total. The van der Waals surface area contributed by atoms with Gasteiger partial charge in [-0.05, 0) is 67.1 Å². The summed E-state index contributed by atoms with van der Waals surface area (Å²) >= 11 is 0. The van der Waals surface area contributed by atoms with Crippen LogP contribution in [0.15, 0.2) is 54.9 Å². The van der Waals surface area contributed by atoms with Crippen LogP contribution in [-0.4, -0.2) is 35.1 Å². The molecule has 2 fully saturated rings. The fourth-order valence-electron chi connectivity index (χ4n) is 4.18. The van der Waals surface area contributed by atoms with Crippen molar-refractivity contribution in [3.05, 3.63) is 60.4 Å². The summed E-state index contributed by atoms with van der Waals surface area (Å²) in [4.78, 5) is 21.3. The third-order valence-electron chi connectivity index (χ3n) is 6.10. The van der Waals surface area contributed by atoms with Gasteiger partial charge in [-0.15, -0.1) is 0 Å². The van der Waals surface area contributed by atoms with Crippen LogP contribution in [0.1, 0.15) is 12.0 Å². The number of aromatic nitrogens is 2. The van der Waals surface area contributed by atoms with Crippen LogP contribution in [0.2, 0.25) is 0 Å². The minimum absolute atomic E-state index is 0.00539. The number of ether oxygens (including phenoxy) is 1. The van der Waals surface area contributed by atoms with Crippen molar-refractivity contribution in [2.75, 3.05) is 17.2 Å². The third kappa shape index (κ3) is 4.78. The summed E-state index contributed by atoms with van der Waals surface area (Å²) in [5, 5.41) is 9.48. The van der Waals surface area contributed by atoms with Crippen molar-refractivity contribution in [1.29, 1.82) is 0 Å². The molecule has 1 saturated heterocycles. The summed E-state index contributed by atoms with van der Waals surface area (Å²) in [7, 11) is 0. The number of piperidine rings is 1. The highest BCUT2D eigenvalue weighted by Gasteiger charge is 2.50. The molecule has 3 aromatic rings. The molecule has 1 aliphatic heterocycles. The van der Waals surface area contributed by atoms with Crippen molar-refractivity contribution in [3.63, 3.8) is 0 Å². The number of hydrogen-bond donors (Lipinski definition) is 3. The average molecular weight is 451 g/mol. The molecule has 1 aliphatic carbocycles. The monoisotopic (exact) mass is 451 g/mol. The first-order chi connectivity index (χ1) is 16.0. The molecule has 0 spiro atoms. The van der Waals surface area contributed by atoms with E-state index in [2.05, 4.69) is 30.7 Å². The molecule has 5 rings (SSSR count). The summed E-state index contributed by atoms with van der Waals surface area (Å²) in [6.07, 6.45) is 4.42. The van der Waals surface area contributed by atoms with E-state index in [1.165, 1.54) is 12.1 Å². The van der Waals surface area contributed by atoms with E-state index in [4.69, 9.17) is 0 Å². The number of carbonyl (C=O) groups excluding carboxylic acids is 1. The van der Waals surface area contributed by atoms with E-state index in [0.29, 0.717) is 17.8 Å². The number of alkyl halides is 2. The lowest BCUT2D eigenvalue weighted by atomic mass is 10.1. The van der Waals surface area contributed by atoms with Gasteiger partial charge >= 0.3 is 6.61 Å². The second kappa shape index (κ2) is 8.74. The molecule has 3 N–H and O–H groups in total. The molecule has 170 valence electrons. The maximum atomic E-state index is 12.7. The van der Waals surface area contributed by atoms with Gasteiger partial charge in [0.05, 0.1) is 6.04 Å².